The van der Waals surface area contributed by atoms with Crippen molar-refractivity contribution < 1.29 is 44.6 Å². The van der Waals surface area contributed by atoms with Crippen molar-refractivity contribution in [1.29, 1.82) is 0 Å². The molecule has 1 aromatic heterocycles. The molecule has 0 aliphatic carbocycles. The molecule has 0 radical (unpaired) electrons. The molecule has 6 atom stereocenters. The second-order valence-electron chi connectivity index (χ2n) is 6.59. The monoisotopic (exact) mass is 414 g/mol. The summed E-state index contributed by atoms with van der Waals surface area (Å²) in [6.45, 7) is -0.709. The Morgan fingerprint density at radius 1 is 1.10 bits per heavy atom. The van der Waals surface area contributed by atoms with E-state index in [0.717, 1.165) is 0 Å². The first-order valence-electron chi connectivity index (χ1n) is 8.79. The molecular weight excluding hydrogens is 392 g/mol. The molecule has 0 saturated carbocycles. The number of hydrogen-bond donors (Lipinski definition) is 6. The van der Waals surface area contributed by atoms with Crippen molar-refractivity contribution >= 4 is 17.0 Å². The van der Waals surface area contributed by atoms with Gasteiger partial charge in [-0.3, -0.25) is 5.32 Å². The van der Waals surface area contributed by atoms with Gasteiger partial charge in [-0.25, -0.2) is 4.73 Å². The number of benzene rings is 1. The summed E-state index contributed by atoms with van der Waals surface area (Å²) in [6.07, 6.45) is -8.66. The van der Waals surface area contributed by atoms with E-state index in [1.54, 1.807) is 12.1 Å². The molecule has 0 spiro atoms. The molecule has 1 aromatic carbocycles. The zero-order valence-electron chi connectivity index (χ0n) is 15.1. The largest absolute Gasteiger partial charge is 0.739 e. The third-order valence-corrected chi connectivity index (χ3v) is 4.46. The van der Waals surface area contributed by atoms with E-state index in [0.29, 0.717) is 9.58 Å². The first-order valence-corrected chi connectivity index (χ1v) is 8.79. The Morgan fingerprint density at radius 3 is 2.52 bits per heavy atom. The highest BCUT2D eigenvalue weighted by Gasteiger charge is 2.43. The highest BCUT2D eigenvalue weighted by Crippen LogP contribution is 2.20. The predicted octanol–water partition coefficient (Wildman–Crippen LogP) is -3.91. The van der Waals surface area contributed by atoms with Crippen LogP contribution < -0.4 is 14.9 Å². The van der Waals surface area contributed by atoms with Crippen molar-refractivity contribution in [2.45, 2.75) is 36.8 Å². The Balaban J connectivity index is 1.50. The Hall–Kier alpha value is -2.39. The number of para-hydroxylation sites is 2. The van der Waals surface area contributed by atoms with E-state index in [1.807, 2.05) is 0 Å². The van der Waals surface area contributed by atoms with Gasteiger partial charge < -0.3 is 45.4 Å². The van der Waals surface area contributed by atoms with Gasteiger partial charge in [-0.05, 0) is 6.07 Å². The summed E-state index contributed by atoms with van der Waals surface area (Å²) in [4.78, 5) is 0.293. The first kappa shape index (κ1) is 21.3. The number of hydrogen-bond acceptors (Lipinski definition) is 11. The van der Waals surface area contributed by atoms with E-state index in [9.17, 15) is 35.9 Å². The van der Waals surface area contributed by atoms with E-state index in [4.69, 9.17) is 9.47 Å². The Kier molecular flexibility index (Phi) is 6.59. The van der Waals surface area contributed by atoms with Crippen LogP contribution in [0.15, 0.2) is 24.3 Å². The lowest BCUT2D eigenvalue weighted by Gasteiger charge is -2.38. The fraction of sp³-hybridized carbons (Fsp3) is 0.562. The number of nitrogens with zero attached hydrogens (tertiary/aromatic N) is 3. The summed E-state index contributed by atoms with van der Waals surface area (Å²) in [5.74, 6) is -0.302. The molecule has 2 heterocycles. The molecule has 13 nitrogen and oxygen atoms in total. The van der Waals surface area contributed by atoms with Crippen LogP contribution in [0.3, 0.4) is 0 Å². The van der Waals surface area contributed by atoms with Crippen LogP contribution in [0, 0.1) is 10.4 Å². The third kappa shape index (κ3) is 4.62. The molecule has 3 rings (SSSR count). The number of anilines is 1. The normalized spacial score (nSPS) is 28.4. The molecule has 1 fully saturated rings. The van der Waals surface area contributed by atoms with Crippen LogP contribution in [0.25, 0.3) is 11.0 Å². The Morgan fingerprint density at radius 2 is 1.79 bits per heavy atom. The van der Waals surface area contributed by atoms with Crippen molar-refractivity contribution in [3.05, 3.63) is 34.7 Å². The van der Waals surface area contributed by atoms with Crippen molar-refractivity contribution in [2.75, 3.05) is 25.1 Å². The van der Waals surface area contributed by atoms with Gasteiger partial charge in [0.15, 0.2) is 11.8 Å². The molecule has 1 saturated heterocycles. The molecule has 29 heavy (non-hydrogen) atoms. The smallest absolute Gasteiger partial charge is 0.461 e. The number of aliphatic hydroxyl groups is 5. The third-order valence-electron chi connectivity index (χ3n) is 4.46. The number of nitrogens with one attached hydrogen (secondary N) is 1. The van der Waals surface area contributed by atoms with Crippen LogP contribution in [0.1, 0.15) is 0 Å². The van der Waals surface area contributed by atoms with Crippen LogP contribution in [0.2, 0.25) is 0 Å². The number of ether oxygens (including phenoxy) is 2. The highest BCUT2D eigenvalue weighted by atomic mass is 16.6. The first-order chi connectivity index (χ1) is 13.8. The van der Waals surface area contributed by atoms with E-state index in [1.165, 1.54) is 12.1 Å². The van der Waals surface area contributed by atoms with E-state index in [-0.39, 0.29) is 36.7 Å². The molecule has 0 bridgehead atoms. The van der Waals surface area contributed by atoms with Gasteiger partial charge in [0.05, 0.1) is 19.8 Å². The summed E-state index contributed by atoms with van der Waals surface area (Å²) < 4.78 is 10.6. The Labute approximate surface area is 164 Å². The molecule has 2 aromatic rings. The SMILES string of the molecule is [O-][n+]1nc(NCC(O)COCC2OC(O)C(O)C(O)C2O)[n+]([O-])c2ccccc21. The Bertz CT molecular complexity index is 841. The van der Waals surface area contributed by atoms with E-state index in [2.05, 4.69) is 10.4 Å². The minimum absolute atomic E-state index is 0.0949. The van der Waals surface area contributed by atoms with E-state index >= 15 is 0 Å². The zero-order chi connectivity index (χ0) is 21.1. The van der Waals surface area contributed by atoms with Crippen molar-refractivity contribution in [2.24, 2.45) is 0 Å². The maximum absolute atomic E-state index is 12.3. The van der Waals surface area contributed by atoms with Gasteiger partial charge in [-0.15, -0.1) is 0 Å². The second-order valence-corrected chi connectivity index (χ2v) is 6.59. The fourth-order valence-corrected chi connectivity index (χ4v) is 2.86. The lowest BCUT2D eigenvalue weighted by Crippen LogP contribution is -2.58. The number of aromatic nitrogens is 3. The molecule has 0 amide bonds. The van der Waals surface area contributed by atoms with Gasteiger partial charge in [0.25, 0.3) is 5.52 Å². The van der Waals surface area contributed by atoms with Crippen molar-refractivity contribution in [3.63, 3.8) is 0 Å². The number of rotatable bonds is 7. The van der Waals surface area contributed by atoms with Crippen LogP contribution in [0.4, 0.5) is 5.95 Å². The minimum Gasteiger partial charge on any atom is -0.739 e. The standard InChI is InChI=1S/C16H22N4O9/c21-8(6-28-7-11-12(22)13(23)14(24)15(25)29-11)5-17-16-18-20(27)10-4-2-1-3-9(10)19(16)26/h1-4,8,11-15,21-25H,5-7H2,(H,17,18). The average molecular weight is 414 g/mol. The summed E-state index contributed by atoms with van der Waals surface area (Å²) in [6, 6.07) is 6.10. The average Bonchev–Trinajstić information content (AvgIpc) is 2.71. The molecule has 6 unspecified atom stereocenters. The van der Waals surface area contributed by atoms with Crippen molar-refractivity contribution in [1.82, 2.24) is 5.10 Å². The molecule has 6 N–H and O–H groups in total. The van der Waals surface area contributed by atoms with Gasteiger partial charge in [0, 0.05) is 10.9 Å². The van der Waals surface area contributed by atoms with Gasteiger partial charge in [0.2, 0.25) is 5.10 Å². The number of aliphatic hydroxyl groups excluding tert-OH is 5. The van der Waals surface area contributed by atoms with E-state index < -0.39 is 36.8 Å². The summed E-state index contributed by atoms with van der Waals surface area (Å²) in [5.41, 5.74) is 0.200. The molecule has 13 heteroatoms. The quantitative estimate of drug-likeness (QED) is 0.191. The lowest BCUT2D eigenvalue weighted by molar-refractivity contribution is -0.672. The van der Waals surface area contributed by atoms with Crippen LogP contribution in [-0.4, -0.2) is 87.2 Å². The van der Waals surface area contributed by atoms with Gasteiger partial charge in [0.1, 0.15) is 30.5 Å². The lowest BCUT2D eigenvalue weighted by atomic mass is 9.99. The molecule has 160 valence electrons. The molecule has 1 aliphatic heterocycles. The molecular formula is C16H22N4O9. The second kappa shape index (κ2) is 8.96. The van der Waals surface area contributed by atoms with Gasteiger partial charge in [-0.2, -0.15) is 0 Å². The van der Waals surface area contributed by atoms with Crippen molar-refractivity contribution in [3.8, 4) is 0 Å². The zero-order valence-corrected chi connectivity index (χ0v) is 15.1. The van der Waals surface area contributed by atoms with Crippen LogP contribution in [0.5, 0.6) is 0 Å². The maximum Gasteiger partial charge on any atom is 0.461 e. The molecule has 1 aliphatic rings. The van der Waals surface area contributed by atoms with Gasteiger partial charge >= 0.3 is 5.95 Å². The fourth-order valence-electron chi connectivity index (χ4n) is 2.86. The summed E-state index contributed by atoms with van der Waals surface area (Å²) in [7, 11) is 0. The summed E-state index contributed by atoms with van der Waals surface area (Å²) in [5, 5.41) is 78.5. The van der Waals surface area contributed by atoms with Gasteiger partial charge in [-0.1, -0.05) is 12.1 Å². The minimum atomic E-state index is -1.68. The number of fused-ring (bicyclic) bond motifs is 1. The summed E-state index contributed by atoms with van der Waals surface area (Å²) >= 11 is 0. The maximum atomic E-state index is 12.3. The van der Waals surface area contributed by atoms with Crippen LogP contribution >= 0.6 is 0 Å². The highest BCUT2D eigenvalue weighted by molar-refractivity contribution is 5.67. The van der Waals surface area contributed by atoms with Crippen LogP contribution in [-0.2, 0) is 9.47 Å². The predicted molar refractivity (Wildman–Crippen MR) is 93.9 cm³/mol. The topological polar surface area (TPSA) is 198 Å².